The van der Waals surface area contributed by atoms with Crippen LogP contribution in [0.1, 0.15) is 10.6 Å². The van der Waals surface area contributed by atoms with Crippen LogP contribution in [0.5, 0.6) is 0 Å². The fraction of sp³-hybridized carbons (Fsp3) is 0.200. The average Bonchev–Trinajstić information content (AvgIpc) is 2.76. The number of nitrogens with two attached hydrogens (primary N) is 1. The topological polar surface area (TPSA) is 94.9 Å². The predicted molar refractivity (Wildman–Crippen MR) is 64.6 cm³/mol. The van der Waals surface area contributed by atoms with Crippen molar-refractivity contribution < 1.29 is 4.92 Å². The third-order valence-corrected chi connectivity index (χ3v) is 3.27. The fourth-order valence-corrected chi connectivity index (χ4v) is 2.36. The quantitative estimate of drug-likeness (QED) is 0.662. The van der Waals surface area contributed by atoms with Gasteiger partial charge in [-0.3, -0.25) is 10.1 Å². The van der Waals surface area contributed by atoms with Crippen LogP contribution in [0.3, 0.4) is 0 Å². The van der Waals surface area contributed by atoms with Gasteiger partial charge in [-0.2, -0.15) is 0 Å². The molecule has 0 unspecified atom stereocenters. The highest BCUT2D eigenvalue weighted by molar-refractivity contribution is 7.14. The van der Waals surface area contributed by atoms with Crippen LogP contribution in [-0.2, 0) is 6.54 Å². The molecule has 6 nitrogen and oxygen atoms in total. The number of nitrogens with zero attached hydrogens (tertiary/aromatic N) is 3. The predicted octanol–water partition coefficient (Wildman–Crippen LogP) is 1.88. The lowest BCUT2D eigenvalue weighted by atomic mass is 10.1. The molecule has 0 bridgehead atoms. The number of benzene rings is 1. The van der Waals surface area contributed by atoms with Gasteiger partial charge in [-0.25, -0.2) is 0 Å². The molecule has 2 N–H and O–H groups in total. The first-order valence-electron chi connectivity index (χ1n) is 4.90. The lowest BCUT2D eigenvalue weighted by molar-refractivity contribution is -0.384. The molecular weight excluding hydrogens is 240 g/mol. The van der Waals surface area contributed by atoms with Crippen LogP contribution in [0, 0.1) is 17.0 Å². The van der Waals surface area contributed by atoms with Gasteiger partial charge in [0.25, 0.3) is 5.69 Å². The van der Waals surface area contributed by atoms with Crippen LogP contribution < -0.4 is 5.73 Å². The molecule has 2 rings (SSSR count). The van der Waals surface area contributed by atoms with Crippen molar-refractivity contribution in [1.82, 2.24) is 10.2 Å². The first-order chi connectivity index (χ1) is 8.13. The van der Waals surface area contributed by atoms with Crippen molar-refractivity contribution in [3.8, 4) is 10.6 Å². The molecule has 0 radical (unpaired) electrons. The standard InChI is InChI=1S/C10H10N4O2S/c1-6-3-2-4-7(14(15)16)9(6)10-13-12-8(5-11)17-10/h2-4H,5,11H2,1H3. The number of hydrogen-bond donors (Lipinski definition) is 1. The monoisotopic (exact) mass is 250 g/mol. The second-order valence-corrected chi connectivity index (χ2v) is 4.49. The van der Waals surface area contributed by atoms with E-state index in [9.17, 15) is 10.1 Å². The van der Waals surface area contributed by atoms with Crippen molar-refractivity contribution >= 4 is 17.0 Å². The molecule has 0 spiro atoms. The molecule has 0 amide bonds. The van der Waals surface area contributed by atoms with Crippen LogP contribution >= 0.6 is 11.3 Å². The van der Waals surface area contributed by atoms with Gasteiger partial charge in [-0.05, 0) is 12.5 Å². The van der Waals surface area contributed by atoms with Gasteiger partial charge >= 0.3 is 0 Å². The Morgan fingerprint density at radius 2 is 2.24 bits per heavy atom. The first-order valence-corrected chi connectivity index (χ1v) is 5.72. The SMILES string of the molecule is Cc1cccc([N+](=O)[O-])c1-c1nnc(CN)s1. The molecule has 17 heavy (non-hydrogen) atoms. The van der Waals surface area contributed by atoms with Gasteiger partial charge in [0.1, 0.15) is 5.01 Å². The molecule has 7 heteroatoms. The van der Waals surface area contributed by atoms with Crippen LogP contribution in [0.15, 0.2) is 18.2 Å². The maximum Gasteiger partial charge on any atom is 0.279 e. The Labute approximate surface area is 101 Å². The summed E-state index contributed by atoms with van der Waals surface area (Å²) in [5.41, 5.74) is 6.82. The van der Waals surface area contributed by atoms with E-state index in [0.717, 1.165) is 5.56 Å². The van der Waals surface area contributed by atoms with Gasteiger partial charge in [0.15, 0.2) is 5.01 Å². The second-order valence-electron chi connectivity index (χ2n) is 3.43. The third-order valence-electron chi connectivity index (χ3n) is 2.30. The zero-order chi connectivity index (χ0) is 12.4. The highest BCUT2D eigenvalue weighted by atomic mass is 32.1. The lowest BCUT2D eigenvalue weighted by Crippen LogP contribution is -1.94. The maximum atomic E-state index is 11.0. The van der Waals surface area contributed by atoms with E-state index in [-0.39, 0.29) is 12.2 Å². The molecule has 0 atom stereocenters. The number of aromatic nitrogens is 2. The lowest BCUT2D eigenvalue weighted by Gasteiger charge is -2.02. The molecule has 0 saturated carbocycles. The fourth-order valence-electron chi connectivity index (χ4n) is 1.52. The Kier molecular flexibility index (Phi) is 3.12. The summed E-state index contributed by atoms with van der Waals surface area (Å²) < 4.78 is 0. The Balaban J connectivity index is 2.61. The minimum atomic E-state index is -0.411. The Hall–Kier alpha value is -1.86. The number of aryl methyl sites for hydroxylation is 1. The van der Waals surface area contributed by atoms with Gasteiger partial charge in [-0.15, -0.1) is 10.2 Å². The summed E-state index contributed by atoms with van der Waals surface area (Å²) in [6.07, 6.45) is 0. The summed E-state index contributed by atoms with van der Waals surface area (Å²) in [5.74, 6) is 0. The van der Waals surface area contributed by atoms with Gasteiger partial charge in [0.2, 0.25) is 0 Å². The Bertz CT molecular complexity index is 567. The molecule has 1 aromatic heterocycles. The second kappa shape index (κ2) is 4.56. The van der Waals surface area contributed by atoms with Crippen LogP contribution in [0.4, 0.5) is 5.69 Å². The first kappa shape index (κ1) is 11.6. The number of nitro benzene ring substituents is 1. The van der Waals surface area contributed by atoms with E-state index in [1.807, 2.05) is 13.0 Å². The summed E-state index contributed by atoms with van der Waals surface area (Å²) >= 11 is 1.28. The Morgan fingerprint density at radius 3 is 2.82 bits per heavy atom. The van der Waals surface area contributed by atoms with Crippen molar-refractivity contribution in [3.05, 3.63) is 38.9 Å². The molecule has 2 aromatic rings. The zero-order valence-electron chi connectivity index (χ0n) is 9.08. The van der Waals surface area contributed by atoms with Crippen molar-refractivity contribution in [2.75, 3.05) is 0 Å². The van der Waals surface area contributed by atoms with Crippen LogP contribution in [-0.4, -0.2) is 15.1 Å². The molecule has 1 heterocycles. The summed E-state index contributed by atoms with van der Waals surface area (Å²) in [7, 11) is 0. The van der Waals surface area contributed by atoms with Crippen LogP contribution in [0.25, 0.3) is 10.6 Å². The van der Waals surface area contributed by atoms with E-state index in [1.54, 1.807) is 6.07 Å². The Morgan fingerprint density at radius 1 is 1.47 bits per heavy atom. The summed E-state index contributed by atoms with van der Waals surface area (Å²) in [5, 5.41) is 20.0. The molecule has 0 saturated heterocycles. The normalized spacial score (nSPS) is 10.5. The maximum absolute atomic E-state index is 11.0. The summed E-state index contributed by atoms with van der Waals surface area (Å²) in [4.78, 5) is 10.6. The van der Waals surface area contributed by atoms with Crippen molar-refractivity contribution in [2.45, 2.75) is 13.5 Å². The minimum Gasteiger partial charge on any atom is -0.324 e. The average molecular weight is 250 g/mol. The zero-order valence-corrected chi connectivity index (χ0v) is 9.90. The highest BCUT2D eigenvalue weighted by Crippen LogP contribution is 2.34. The van der Waals surface area contributed by atoms with Crippen molar-refractivity contribution in [1.29, 1.82) is 0 Å². The van der Waals surface area contributed by atoms with E-state index in [2.05, 4.69) is 10.2 Å². The number of nitro groups is 1. The van der Waals surface area contributed by atoms with E-state index in [4.69, 9.17) is 5.73 Å². The number of hydrogen-bond acceptors (Lipinski definition) is 6. The van der Waals surface area contributed by atoms with Crippen molar-refractivity contribution in [3.63, 3.8) is 0 Å². The van der Waals surface area contributed by atoms with E-state index < -0.39 is 4.92 Å². The smallest absolute Gasteiger partial charge is 0.279 e. The third kappa shape index (κ3) is 2.15. The molecule has 0 aliphatic rings. The van der Waals surface area contributed by atoms with Gasteiger partial charge in [-0.1, -0.05) is 23.5 Å². The van der Waals surface area contributed by atoms with Gasteiger partial charge < -0.3 is 5.73 Å². The number of rotatable bonds is 3. The molecule has 88 valence electrons. The molecule has 0 aliphatic heterocycles. The molecule has 1 aromatic carbocycles. The van der Waals surface area contributed by atoms with Crippen LogP contribution in [0.2, 0.25) is 0 Å². The molecule has 0 aliphatic carbocycles. The highest BCUT2D eigenvalue weighted by Gasteiger charge is 2.20. The van der Waals surface area contributed by atoms with Gasteiger partial charge in [0, 0.05) is 12.6 Å². The minimum absolute atomic E-state index is 0.0460. The van der Waals surface area contributed by atoms with E-state index in [1.165, 1.54) is 17.4 Å². The van der Waals surface area contributed by atoms with Gasteiger partial charge in [0.05, 0.1) is 10.5 Å². The molecular formula is C10H10N4O2S. The summed E-state index contributed by atoms with van der Waals surface area (Å²) in [6, 6.07) is 4.93. The van der Waals surface area contributed by atoms with E-state index in [0.29, 0.717) is 15.6 Å². The molecule has 0 fully saturated rings. The largest absolute Gasteiger partial charge is 0.324 e. The summed E-state index contributed by atoms with van der Waals surface area (Å²) in [6.45, 7) is 2.10. The van der Waals surface area contributed by atoms with E-state index >= 15 is 0 Å². The van der Waals surface area contributed by atoms with Crippen molar-refractivity contribution in [2.24, 2.45) is 5.73 Å².